The van der Waals surface area contributed by atoms with E-state index in [9.17, 15) is 0 Å². The summed E-state index contributed by atoms with van der Waals surface area (Å²) < 4.78 is 0. The Morgan fingerprint density at radius 1 is 0.480 bits per heavy atom. The van der Waals surface area contributed by atoms with Gasteiger partial charge in [-0.25, -0.2) is 4.99 Å². The SMILES string of the molecule is Cc1ccc(C2=N/C(=C\c3[n-]c(-c4ccccc4)cc3-c3ccccc3)c3cc(Cl)c(Cl)cc32)c(C)c1.Cc1ccc(C2N=C(/C=C3\[N-]C(c4ccccc4)C=C3c3ccccc3)c3cc(Cl)c(Cl)cc32)c(C)c1.[Cu+2]. The van der Waals surface area contributed by atoms with Crippen LogP contribution in [-0.2, 0) is 17.1 Å². The molecule has 3 aliphatic heterocycles. The Bertz CT molecular complexity index is 3780. The summed E-state index contributed by atoms with van der Waals surface area (Å²) in [5.74, 6) is 0. The van der Waals surface area contributed by atoms with Crippen molar-refractivity contribution in [2.75, 3.05) is 0 Å². The molecule has 75 heavy (non-hydrogen) atoms. The van der Waals surface area contributed by atoms with E-state index in [2.05, 4.69) is 161 Å². The minimum Gasteiger partial charge on any atom is -0.674 e. The van der Waals surface area contributed by atoms with Crippen molar-refractivity contribution < 1.29 is 17.1 Å². The molecule has 0 fully saturated rings. The molecule has 0 N–H and O–H groups in total. The molecule has 0 amide bonds. The fraction of sp³-hybridized carbons (Fsp3) is 0.0909. The topological polar surface area (TPSA) is 52.9 Å². The molecule has 4 nitrogen and oxygen atoms in total. The van der Waals surface area contributed by atoms with Gasteiger partial charge in [0.15, 0.2) is 0 Å². The first-order chi connectivity index (χ1) is 35.9. The zero-order chi connectivity index (χ0) is 51.0. The quantitative estimate of drug-likeness (QED) is 0.140. The standard InChI is InChI=1S/C33H25Cl2N2.C33H23Cl2N2.Cu/c2*1-20-13-14-24(21(2)15-20)33-27-17-29(35)28(34)16-26(27)32(37-33)19-31-25(22-9-5-3-6-10-22)18-30(36-31)23-11-7-4-8-12-23;/h3-19,30,33H,1-2H3;3-19H,1-2H3;/q2*-1;+2/b31-19-;32-19-;. The molecule has 1 radical (unpaired) electrons. The van der Waals surface area contributed by atoms with E-state index in [4.69, 9.17) is 66.7 Å². The monoisotopic (exact) mass is 1100 g/mol. The van der Waals surface area contributed by atoms with Crippen molar-refractivity contribution in [1.29, 1.82) is 0 Å². The summed E-state index contributed by atoms with van der Waals surface area (Å²) >= 11 is 26.0. The Morgan fingerprint density at radius 3 is 1.68 bits per heavy atom. The Balaban J connectivity index is 0.000000169. The number of aromatic nitrogens is 1. The maximum Gasteiger partial charge on any atom is 2.00 e. The van der Waals surface area contributed by atoms with Gasteiger partial charge in [0.2, 0.25) is 0 Å². The van der Waals surface area contributed by atoms with Crippen LogP contribution in [0.25, 0.3) is 45.0 Å². The third-order valence-corrected chi connectivity index (χ3v) is 15.2. The number of allylic oxidation sites excluding steroid dienone is 2. The second-order valence-electron chi connectivity index (χ2n) is 18.9. The predicted molar refractivity (Wildman–Crippen MR) is 312 cm³/mol. The third kappa shape index (κ3) is 10.7. The van der Waals surface area contributed by atoms with Crippen LogP contribution in [-0.4, -0.2) is 11.4 Å². The van der Waals surface area contributed by atoms with E-state index >= 15 is 0 Å². The van der Waals surface area contributed by atoms with E-state index < -0.39 is 0 Å². The molecule has 8 aromatic carbocycles. The normalized spacial score (nSPS) is 16.3. The van der Waals surface area contributed by atoms with Crippen molar-refractivity contribution in [1.82, 2.24) is 4.98 Å². The fourth-order valence-corrected chi connectivity index (χ4v) is 10.7. The number of benzene rings is 8. The Hall–Kier alpha value is -6.92. The summed E-state index contributed by atoms with van der Waals surface area (Å²) in [6.07, 6.45) is 6.41. The largest absolute Gasteiger partial charge is 2.00 e. The molecule has 2 unspecified atom stereocenters. The van der Waals surface area contributed by atoms with Gasteiger partial charge in [-0.3, -0.25) is 4.99 Å². The minimum atomic E-state index is -0.146. The molecule has 3 aliphatic rings. The molecule has 9 heteroatoms. The van der Waals surface area contributed by atoms with Gasteiger partial charge < -0.3 is 10.3 Å². The summed E-state index contributed by atoms with van der Waals surface area (Å²) in [6, 6.07) is 64.0. The van der Waals surface area contributed by atoms with Crippen LogP contribution in [0.5, 0.6) is 0 Å². The Labute approximate surface area is 469 Å². The van der Waals surface area contributed by atoms with Crippen molar-refractivity contribution in [3.05, 3.63) is 304 Å². The molecule has 371 valence electrons. The maximum atomic E-state index is 6.51. The van der Waals surface area contributed by atoms with E-state index in [0.717, 1.165) is 95.4 Å². The van der Waals surface area contributed by atoms with Crippen LogP contribution in [0.15, 0.2) is 216 Å². The Morgan fingerprint density at radius 2 is 1.04 bits per heavy atom. The van der Waals surface area contributed by atoms with Gasteiger partial charge in [0.1, 0.15) is 6.04 Å². The number of fused-ring (bicyclic) bond motifs is 2. The summed E-state index contributed by atoms with van der Waals surface area (Å²) in [5.41, 5.74) is 23.0. The average Bonchev–Trinajstić information content (AvgIpc) is 4.20. The number of halogens is 4. The molecule has 0 bridgehead atoms. The van der Waals surface area contributed by atoms with Gasteiger partial charge in [0, 0.05) is 22.3 Å². The average molecular weight is 1100 g/mol. The van der Waals surface area contributed by atoms with Crippen molar-refractivity contribution in [2.24, 2.45) is 9.98 Å². The smallest absolute Gasteiger partial charge is 0.674 e. The summed E-state index contributed by atoms with van der Waals surface area (Å²) in [7, 11) is 0. The van der Waals surface area contributed by atoms with E-state index in [0.29, 0.717) is 20.1 Å². The zero-order valence-corrected chi connectivity index (χ0v) is 45.4. The molecule has 12 rings (SSSR count). The predicted octanol–water partition coefficient (Wildman–Crippen LogP) is 18.8. The van der Waals surface area contributed by atoms with Crippen molar-refractivity contribution in [2.45, 2.75) is 39.8 Å². The maximum absolute atomic E-state index is 6.51. The number of aliphatic imine (C=N–C) groups is 2. The number of rotatable bonds is 8. The fourth-order valence-electron chi connectivity index (χ4n) is 10.1. The van der Waals surface area contributed by atoms with E-state index in [1.54, 1.807) is 0 Å². The first-order valence-corrected chi connectivity index (χ1v) is 26.0. The molecular weight excluding hydrogens is 1050 g/mol. The second-order valence-corrected chi connectivity index (χ2v) is 20.5. The van der Waals surface area contributed by atoms with Gasteiger partial charge in [0.05, 0.1) is 37.2 Å². The Kier molecular flexibility index (Phi) is 15.2. The number of hydrogen-bond donors (Lipinski definition) is 0. The van der Waals surface area contributed by atoms with Crippen molar-refractivity contribution >= 4 is 75.2 Å². The van der Waals surface area contributed by atoms with Crippen LogP contribution in [0.2, 0.25) is 20.1 Å². The zero-order valence-electron chi connectivity index (χ0n) is 41.4. The summed E-state index contributed by atoms with van der Waals surface area (Å²) in [4.78, 5) is 15.4. The van der Waals surface area contributed by atoms with E-state index in [-0.39, 0.29) is 29.2 Å². The first kappa shape index (κ1) is 51.6. The molecule has 0 aliphatic carbocycles. The van der Waals surface area contributed by atoms with Crippen LogP contribution in [0.4, 0.5) is 0 Å². The van der Waals surface area contributed by atoms with Gasteiger partial charge in [-0.15, -0.1) is 17.1 Å². The van der Waals surface area contributed by atoms with Gasteiger partial charge in [-0.2, -0.15) is 0 Å². The molecule has 0 spiro atoms. The molecule has 0 saturated heterocycles. The third-order valence-electron chi connectivity index (χ3n) is 13.7. The number of hydrogen-bond acceptors (Lipinski definition) is 2. The number of aryl methyl sites for hydroxylation is 4. The molecule has 1 aromatic heterocycles. The van der Waals surface area contributed by atoms with Crippen LogP contribution in [0, 0.1) is 27.7 Å². The van der Waals surface area contributed by atoms with Crippen LogP contribution in [0.1, 0.15) is 84.5 Å². The van der Waals surface area contributed by atoms with E-state index in [1.807, 2.05) is 72.8 Å². The molecule has 9 aromatic rings. The van der Waals surface area contributed by atoms with Crippen LogP contribution < -0.4 is 4.98 Å². The first-order valence-electron chi connectivity index (χ1n) is 24.5. The van der Waals surface area contributed by atoms with E-state index in [1.165, 1.54) is 27.8 Å². The van der Waals surface area contributed by atoms with Crippen molar-refractivity contribution in [3.63, 3.8) is 0 Å². The van der Waals surface area contributed by atoms with Gasteiger partial charge in [-0.1, -0.05) is 245 Å². The van der Waals surface area contributed by atoms with Crippen LogP contribution in [0.3, 0.4) is 0 Å². The van der Waals surface area contributed by atoms with Crippen molar-refractivity contribution in [3.8, 4) is 22.4 Å². The van der Waals surface area contributed by atoms with Gasteiger partial charge in [0.25, 0.3) is 0 Å². The summed E-state index contributed by atoms with van der Waals surface area (Å²) in [6.45, 7) is 8.46. The minimum absolute atomic E-state index is 0. The van der Waals surface area contributed by atoms with Crippen LogP contribution >= 0.6 is 46.4 Å². The summed E-state index contributed by atoms with van der Waals surface area (Å²) in [5, 5.41) is 7.24. The number of nitrogens with zero attached hydrogens (tertiary/aromatic N) is 4. The molecule has 4 heterocycles. The second kappa shape index (κ2) is 22.1. The van der Waals surface area contributed by atoms with Gasteiger partial charge in [-0.05, 0) is 108 Å². The molecule has 2 atom stereocenters. The molecular formula is C66H48Cl4CuN4. The molecule has 0 saturated carbocycles. The van der Waals surface area contributed by atoms with Gasteiger partial charge >= 0.3 is 17.1 Å².